The molecule has 8 nitrogen and oxygen atoms in total. The SMILES string of the molecule is O=[N+]([O-])c1cccc(NCc2cnc(Cl)s2)c1[N+](=O)[O-]. The van der Waals surface area contributed by atoms with Crippen molar-refractivity contribution in [2.75, 3.05) is 5.32 Å². The molecule has 0 aliphatic rings. The number of para-hydroxylation sites is 1. The molecule has 0 unspecified atom stereocenters. The normalized spacial score (nSPS) is 10.2. The van der Waals surface area contributed by atoms with Crippen LogP contribution in [0, 0.1) is 20.2 Å². The molecule has 10 heteroatoms. The number of thiazole rings is 1. The molecule has 2 rings (SSSR count). The third-order valence-electron chi connectivity index (χ3n) is 2.37. The fourth-order valence-electron chi connectivity index (χ4n) is 1.56. The first-order chi connectivity index (χ1) is 9.49. The number of benzene rings is 1. The Bertz CT molecular complexity index is 675. The molecule has 0 aliphatic heterocycles. The Morgan fingerprint density at radius 3 is 2.60 bits per heavy atom. The quantitative estimate of drug-likeness (QED) is 0.670. The average Bonchev–Trinajstić information content (AvgIpc) is 2.81. The molecule has 0 radical (unpaired) electrons. The highest BCUT2D eigenvalue weighted by molar-refractivity contribution is 7.15. The van der Waals surface area contributed by atoms with Crippen LogP contribution in [0.25, 0.3) is 0 Å². The van der Waals surface area contributed by atoms with Gasteiger partial charge >= 0.3 is 11.4 Å². The van der Waals surface area contributed by atoms with Gasteiger partial charge in [0.05, 0.1) is 16.4 Å². The lowest BCUT2D eigenvalue weighted by molar-refractivity contribution is -0.421. The maximum absolute atomic E-state index is 11.0. The summed E-state index contributed by atoms with van der Waals surface area (Å²) >= 11 is 6.89. The standard InChI is InChI=1S/C10H7ClN4O4S/c11-10-13-5-6(20-10)4-12-7-2-1-3-8(14(16)17)9(7)15(18)19/h1-3,5,12H,4H2. The summed E-state index contributed by atoms with van der Waals surface area (Å²) in [5, 5.41) is 24.6. The van der Waals surface area contributed by atoms with Crippen LogP contribution in [0.4, 0.5) is 17.1 Å². The van der Waals surface area contributed by atoms with Crippen molar-refractivity contribution < 1.29 is 9.85 Å². The Morgan fingerprint density at radius 1 is 1.30 bits per heavy atom. The Balaban J connectivity index is 2.29. The van der Waals surface area contributed by atoms with E-state index in [-0.39, 0.29) is 12.2 Å². The van der Waals surface area contributed by atoms with Crippen LogP contribution < -0.4 is 5.32 Å². The third kappa shape index (κ3) is 3.00. The van der Waals surface area contributed by atoms with Crippen molar-refractivity contribution in [3.63, 3.8) is 0 Å². The van der Waals surface area contributed by atoms with Crippen LogP contribution in [-0.2, 0) is 6.54 Å². The van der Waals surface area contributed by atoms with Crippen LogP contribution in [-0.4, -0.2) is 14.8 Å². The zero-order valence-electron chi connectivity index (χ0n) is 9.78. The second-order valence-corrected chi connectivity index (χ2v) is 5.32. The van der Waals surface area contributed by atoms with Gasteiger partial charge < -0.3 is 5.32 Å². The van der Waals surface area contributed by atoms with E-state index in [1.54, 1.807) is 0 Å². The Hall–Kier alpha value is -2.26. The summed E-state index contributed by atoms with van der Waals surface area (Å²) in [6.45, 7) is 0.242. The monoisotopic (exact) mass is 314 g/mol. The molecule has 2 aromatic rings. The van der Waals surface area contributed by atoms with Crippen molar-refractivity contribution in [1.29, 1.82) is 0 Å². The van der Waals surface area contributed by atoms with Gasteiger partial charge in [-0.05, 0) is 6.07 Å². The number of rotatable bonds is 5. The number of hydrogen-bond donors (Lipinski definition) is 1. The van der Waals surface area contributed by atoms with E-state index in [0.717, 1.165) is 10.9 Å². The molecular weight excluding hydrogens is 308 g/mol. The lowest BCUT2D eigenvalue weighted by atomic mass is 10.2. The van der Waals surface area contributed by atoms with Gasteiger partial charge in [-0.1, -0.05) is 17.7 Å². The van der Waals surface area contributed by atoms with Gasteiger partial charge in [0.25, 0.3) is 0 Å². The number of nitro groups is 2. The summed E-state index contributed by atoms with van der Waals surface area (Å²) in [6, 6.07) is 3.88. The van der Waals surface area contributed by atoms with Crippen molar-refractivity contribution >= 4 is 40.0 Å². The molecule has 1 aromatic carbocycles. The molecule has 0 fully saturated rings. The van der Waals surface area contributed by atoms with E-state index in [0.29, 0.717) is 4.47 Å². The van der Waals surface area contributed by atoms with Crippen LogP contribution >= 0.6 is 22.9 Å². The van der Waals surface area contributed by atoms with Crippen LogP contribution in [0.1, 0.15) is 4.88 Å². The molecule has 104 valence electrons. The van der Waals surface area contributed by atoms with Crippen LogP contribution in [0.2, 0.25) is 4.47 Å². The Kier molecular flexibility index (Phi) is 4.11. The summed E-state index contributed by atoms with van der Waals surface area (Å²) in [5.74, 6) is 0. The number of nitro benzene ring substituents is 2. The number of aromatic nitrogens is 1. The summed E-state index contributed by atoms with van der Waals surface area (Å²) in [7, 11) is 0. The minimum Gasteiger partial charge on any atom is -0.374 e. The van der Waals surface area contributed by atoms with Crippen molar-refractivity contribution in [1.82, 2.24) is 4.98 Å². The number of hydrogen-bond acceptors (Lipinski definition) is 7. The molecule has 0 atom stereocenters. The highest BCUT2D eigenvalue weighted by atomic mass is 35.5. The minimum atomic E-state index is -0.785. The van der Waals surface area contributed by atoms with Gasteiger partial charge in [-0.3, -0.25) is 20.2 Å². The summed E-state index contributed by atoms with van der Waals surface area (Å²) in [6.07, 6.45) is 1.53. The largest absolute Gasteiger partial charge is 0.374 e. The van der Waals surface area contributed by atoms with E-state index >= 15 is 0 Å². The topological polar surface area (TPSA) is 111 Å². The summed E-state index contributed by atoms with van der Waals surface area (Å²) in [4.78, 5) is 24.8. The van der Waals surface area contributed by atoms with Crippen molar-refractivity contribution in [3.8, 4) is 0 Å². The van der Waals surface area contributed by atoms with E-state index in [1.807, 2.05) is 0 Å². The molecule has 0 saturated carbocycles. The molecule has 1 aromatic heterocycles. The first-order valence-corrected chi connectivity index (χ1v) is 6.44. The predicted octanol–water partition coefficient (Wildman–Crippen LogP) is 3.23. The zero-order chi connectivity index (χ0) is 14.7. The van der Waals surface area contributed by atoms with E-state index in [9.17, 15) is 20.2 Å². The molecule has 20 heavy (non-hydrogen) atoms. The second-order valence-electron chi connectivity index (χ2n) is 3.62. The molecular formula is C10H7ClN4O4S. The lowest BCUT2D eigenvalue weighted by Crippen LogP contribution is -2.04. The smallest absolute Gasteiger partial charge is 0.368 e. The predicted molar refractivity (Wildman–Crippen MR) is 74.2 cm³/mol. The van der Waals surface area contributed by atoms with Crippen LogP contribution in [0.3, 0.4) is 0 Å². The number of nitrogens with one attached hydrogen (secondary N) is 1. The van der Waals surface area contributed by atoms with Gasteiger partial charge in [0.2, 0.25) is 0 Å². The summed E-state index contributed by atoms with van der Waals surface area (Å²) < 4.78 is 0.357. The second kappa shape index (κ2) is 5.80. The minimum absolute atomic E-state index is 0.0775. The van der Waals surface area contributed by atoms with Crippen molar-refractivity contribution in [2.45, 2.75) is 6.54 Å². The van der Waals surface area contributed by atoms with E-state index in [2.05, 4.69) is 10.3 Å². The molecule has 0 aliphatic carbocycles. The zero-order valence-corrected chi connectivity index (χ0v) is 11.3. The maximum atomic E-state index is 11.0. The Labute approximate surface area is 121 Å². The molecule has 1 heterocycles. The molecule has 0 saturated heterocycles. The molecule has 0 bridgehead atoms. The number of nitrogens with zero attached hydrogens (tertiary/aromatic N) is 3. The average molecular weight is 315 g/mol. The molecule has 0 spiro atoms. The first kappa shape index (κ1) is 14.2. The van der Waals surface area contributed by atoms with Crippen molar-refractivity contribution in [3.05, 3.63) is 54.0 Å². The number of halogens is 1. The summed E-state index contributed by atoms with van der Waals surface area (Å²) in [5.41, 5.74) is -1.04. The lowest BCUT2D eigenvalue weighted by Gasteiger charge is -2.05. The maximum Gasteiger partial charge on any atom is 0.368 e. The fourth-order valence-corrected chi connectivity index (χ4v) is 2.48. The first-order valence-electron chi connectivity index (χ1n) is 5.25. The van der Waals surface area contributed by atoms with E-state index in [4.69, 9.17) is 11.6 Å². The molecule has 1 N–H and O–H groups in total. The fraction of sp³-hybridized carbons (Fsp3) is 0.100. The highest BCUT2D eigenvalue weighted by Gasteiger charge is 2.27. The Morgan fingerprint density at radius 2 is 2.05 bits per heavy atom. The van der Waals surface area contributed by atoms with Gasteiger partial charge in [-0.25, -0.2) is 4.98 Å². The van der Waals surface area contributed by atoms with Gasteiger partial charge in [0.1, 0.15) is 5.69 Å². The third-order valence-corrected chi connectivity index (χ3v) is 3.49. The van der Waals surface area contributed by atoms with Crippen LogP contribution in [0.5, 0.6) is 0 Å². The van der Waals surface area contributed by atoms with Gasteiger partial charge in [-0.2, -0.15) is 0 Å². The van der Waals surface area contributed by atoms with E-state index in [1.165, 1.54) is 29.7 Å². The van der Waals surface area contributed by atoms with Gasteiger partial charge in [-0.15, -0.1) is 11.3 Å². The van der Waals surface area contributed by atoms with Gasteiger partial charge in [0.15, 0.2) is 4.47 Å². The van der Waals surface area contributed by atoms with Crippen LogP contribution in [0.15, 0.2) is 24.4 Å². The highest BCUT2D eigenvalue weighted by Crippen LogP contribution is 2.34. The van der Waals surface area contributed by atoms with Crippen molar-refractivity contribution in [2.24, 2.45) is 0 Å². The molecule has 0 amide bonds. The van der Waals surface area contributed by atoms with Gasteiger partial charge in [0, 0.05) is 17.1 Å². The van der Waals surface area contributed by atoms with E-state index < -0.39 is 21.2 Å². The number of anilines is 1.